The highest BCUT2D eigenvalue weighted by Gasteiger charge is 2.27. The molecule has 3 heterocycles. The first-order chi connectivity index (χ1) is 13.6. The second kappa shape index (κ2) is 8.10. The van der Waals surface area contributed by atoms with Crippen LogP contribution in [0, 0.1) is 5.82 Å². The summed E-state index contributed by atoms with van der Waals surface area (Å²) in [4.78, 5) is 26.6. The van der Waals surface area contributed by atoms with E-state index in [0.717, 1.165) is 24.0 Å². The third-order valence-corrected chi connectivity index (χ3v) is 5.92. The molecule has 4 rings (SSSR count). The van der Waals surface area contributed by atoms with Gasteiger partial charge < -0.3 is 4.90 Å². The summed E-state index contributed by atoms with van der Waals surface area (Å²) in [6.45, 7) is 1.67. The number of aromatic amines is 1. The Labute approximate surface area is 165 Å². The molecule has 3 aromatic rings. The van der Waals surface area contributed by atoms with Gasteiger partial charge in [-0.2, -0.15) is 16.4 Å². The van der Waals surface area contributed by atoms with Gasteiger partial charge >= 0.3 is 5.69 Å². The van der Waals surface area contributed by atoms with Crippen LogP contribution in [-0.2, 0) is 17.8 Å². The Morgan fingerprint density at radius 3 is 2.61 bits per heavy atom. The zero-order valence-corrected chi connectivity index (χ0v) is 16.1. The molecular weight excluding hydrogens is 379 g/mol. The number of amides is 1. The molecule has 1 fully saturated rings. The van der Waals surface area contributed by atoms with Crippen LogP contribution in [0.3, 0.4) is 0 Å². The van der Waals surface area contributed by atoms with Crippen LogP contribution in [0.25, 0.3) is 0 Å². The number of nitrogens with one attached hydrogen (secondary N) is 1. The van der Waals surface area contributed by atoms with E-state index in [1.54, 1.807) is 28.0 Å². The van der Waals surface area contributed by atoms with Crippen LogP contribution >= 0.6 is 11.3 Å². The van der Waals surface area contributed by atoms with Gasteiger partial charge in [0.2, 0.25) is 5.91 Å². The summed E-state index contributed by atoms with van der Waals surface area (Å²) in [7, 11) is 0. The van der Waals surface area contributed by atoms with Crippen LogP contribution in [0.4, 0.5) is 4.39 Å². The number of piperidine rings is 1. The van der Waals surface area contributed by atoms with Gasteiger partial charge in [-0.25, -0.2) is 14.3 Å². The van der Waals surface area contributed by atoms with E-state index in [4.69, 9.17) is 0 Å². The maximum atomic E-state index is 13.1. The summed E-state index contributed by atoms with van der Waals surface area (Å²) < 4.78 is 14.7. The van der Waals surface area contributed by atoms with Crippen molar-refractivity contribution in [2.45, 2.75) is 31.7 Å². The van der Waals surface area contributed by atoms with Crippen molar-refractivity contribution in [1.82, 2.24) is 19.7 Å². The number of likely N-dealkylation sites (tertiary alicyclic amines) is 1. The number of thiophene rings is 1. The number of nitrogens with zero attached hydrogens (tertiary/aromatic N) is 3. The summed E-state index contributed by atoms with van der Waals surface area (Å²) >= 11 is 1.60. The van der Waals surface area contributed by atoms with Gasteiger partial charge in [-0.15, -0.1) is 0 Å². The molecule has 8 heteroatoms. The predicted octanol–water partition coefficient (Wildman–Crippen LogP) is 2.77. The van der Waals surface area contributed by atoms with Gasteiger partial charge in [0.05, 0.1) is 13.0 Å². The van der Waals surface area contributed by atoms with Gasteiger partial charge in [-0.1, -0.05) is 12.1 Å². The zero-order chi connectivity index (χ0) is 19.5. The molecule has 0 atom stereocenters. The van der Waals surface area contributed by atoms with Gasteiger partial charge in [0.1, 0.15) is 11.6 Å². The van der Waals surface area contributed by atoms with Crippen LogP contribution in [-0.4, -0.2) is 38.7 Å². The molecule has 0 aliphatic carbocycles. The lowest BCUT2D eigenvalue weighted by atomic mass is 9.95. The molecule has 0 saturated carbocycles. The Hall–Kier alpha value is -2.74. The molecule has 0 radical (unpaired) electrons. The summed E-state index contributed by atoms with van der Waals surface area (Å²) in [6.07, 6.45) is 1.97. The molecule has 1 saturated heterocycles. The Kier molecular flexibility index (Phi) is 5.38. The van der Waals surface area contributed by atoms with E-state index in [0.29, 0.717) is 31.9 Å². The molecule has 6 nitrogen and oxygen atoms in total. The molecule has 0 spiro atoms. The molecular formula is C20H21FN4O2S. The van der Waals surface area contributed by atoms with Gasteiger partial charge in [-0.05, 0) is 52.9 Å². The number of halogens is 1. The molecule has 1 aliphatic heterocycles. The van der Waals surface area contributed by atoms with Crippen molar-refractivity contribution in [1.29, 1.82) is 0 Å². The van der Waals surface area contributed by atoms with Crippen molar-refractivity contribution in [2.75, 3.05) is 13.1 Å². The van der Waals surface area contributed by atoms with E-state index in [-0.39, 0.29) is 23.3 Å². The van der Waals surface area contributed by atoms with Crippen molar-refractivity contribution < 1.29 is 9.18 Å². The van der Waals surface area contributed by atoms with Crippen LogP contribution in [0.1, 0.15) is 35.7 Å². The number of benzene rings is 1. The second-order valence-electron chi connectivity index (χ2n) is 7.06. The third-order valence-electron chi connectivity index (χ3n) is 5.19. The number of rotatable bonds is 5. The quantitative estimate of drug-likeness (QED) is 0.716. The normalized spacial score (nSPS) is 15.1. The standard InChI is InChI=1S/C20H21FN4O2S/c21-17-3-1-14(2-4-17)12-25-19(22-23-20(25)27)16-5-8-24(9-6-16)18(26)11-15-7-10-28-13-15/h1-4,7,10,13,16H,5-6,8-9,11-12H2,(H,23,27). The fourth-order valence-electron chi connectivity index (χ4n) is 3.63. The van der Waals surface area contributed by atoms with Crippen LogP contribution < -0.4 is 5.69 Å². The van der Waals surface area contributed by atoms with Gasteiger partial charge in [-0.3, -0.25) is 9.36 Å². The number of H-pyrrole nitrogens is 1. The molecule has 1 amide bonds. The molecule has 28 heavy (non-hydrogen) atoms. The molecule has 1 N–H and O–H groups in total. The zero-order valence-electron chi connectivity index (χ0n) is 15.3. The Morgan fingerprint density at radius 2 is 1.93 bits per heavy atom. The Bertz CT molecular complexity index is 986. The molecule has 1 aromatic carbocycles. The van der Waals surface area contributed by atoms with Crippen LogP contribution in [0.5, 0.6) is 0 Å². The maximum absolute atomic E-state index is 13.1. The predicted molar refractivity (Wildman–Crippen MR) is 105 cm³/mol. The molecule has 2 aromatic heterocycles. The number of hydrogen-bond donors (Lipinski definition) is 1. The first-order valence-electron chi connectivity index (χ1n) is 9.28. The third kappa shape index (κ3) is 4.06. The first kappa shape index (κ1) is 18.6. The van der Waals surface area contributed by atoms with E-state index < -0.39 is 0 Å². The van der Waals surface area contributed by atoms with E-state index in [2.05, 4.69) is 10.2 Å². The van der Waals surface area contributed by atoms with E-state index in [1.165, 1.54) is 12.1 Å². The van der Waals surface area contributed by atoms with Crippen molar-refractivity contribution in [2.24, 2.45) is 0 Å². The van der Waals surface area contributed by atoms with Crippen molar-refractivity contribution >= 4 is 17.2 Å². The molecule has 1 aliphatic rings. The van der Waals surface area contributed by atoms with Gasteiger partial charge in [0, 0.05) is 19.0 Å². The average Bonchev–Trinajstić information content (AvgIpc) is 3.34. The lowest BCUT2D eigenvalue weighted by Gasteiger charge is -2.31. The highest BCUT2D eigenvalue weighted by atomic mass is 32.1. The number of hydrogen-bond acceptors (Lipinski definition) is 4. The Morgan fingerprint density at radius 1 is 1.18 bits per heavy atom. The molecule has 0 unspecified atom stereocenters. The van der Waals surface area contributed by atoms with E-state index >= 15 is 0 Å². The van der Waals surface area contributed by atoms with Gasteiger partial charge in [0.25, 0.3) is 0 Å². The summed E-state index contributed by atoms with van der Waals surface area (Å²) in [5.41, 5.74) is 1.63. The lowest BCUT2D eigenvalue weighted by Crippen LogP contribution is -2.39. The largest absolute Gasteiger partial charge is 0.343 e. The topological polar surface area (TPSA) is 71.0 Å². The summed E-state index contributed by atoms with van der Waals surface area (Å²) in [6, 6.07) is 8.09. The number of carbonyl (C=O) groups excluding carboxylic acids is 1. The Balaban J connectivity index is 1.41. The first-order valence-corrected chi connectivity index (χ1v) is 10.2. The molecule has 146 valence electrons. The number of carbonyl (C=O) groups is 1. The molecule has 0 bridgehead atoms. The van der Waals surface area contributed by atoms with Crippen molar-refractivity contribution in [3.8, 4) is 0 Å². The van der Waals surface area contributed by atoms with E-state index in [9.17, 15) is 14.0 Å². The fraction of sp³-hybridized carbons (Fsp3) is 0.350. The van der Waals surface area contributed by atoms with Crippen LogP contribution in [0.15, 0.2) is 45.9 Å². The number of aromatic nitrogens is 3. The van der Waals surface area contributed by atoms with Crippen molar-refractivity contribution in [3.05, 3.63) is 74.3 Å². The van der Waals surface area contributed by atoms with Crippen LogP contribution in [0.2, 0.25) is 0 Å². The van der Waals surface area contributed by atoms with E-state index in [1.807, 2.05) is 21.7 Å². The maximum Gasteiger partial charge on any atom is 0.343 e. The van der Waals surface area contributed by atoms with Crippen molar-refractivity contribution in [3.63, 3.8) is 0 Å². The summed E-state index contributed by atoms with van der Waals surface area (Å²) in [5.74, 6) is 0.662. The SMILES string of the molecule is O=C(Cc1ccsc1)N1CCC(c2n[nH]c(=O)n2Cc2ccc(F)cc2)CC1. The minimum Gasteiger partial charge on any atom is -0.342 e. The highest BCUT2D eigenvalue weighted by Crippen LogP contribution is 2.26. The van der Waals surface area contributed by atoms with Gasteiger partial charge in [0.15, 0.2) is 0 Å². The minimum atomic E-state index is -0.303. The monoisotopic (exact) mass is 400 g/mol. The average molecular weight is 400 g/mol. The highest BCUT2D eigenvalue weighted by molar-refractivity contribution is 7.08. The summed E-state index contributed by atoms with van der Waals surface area (Å²) in [5, 5.41) is 10.7. The minimum absolute atomic E-state index is 0.115. The second-order valence-corrected chi connectivity index (χ2v) is 7.84. The smallest absolute Gasteiger partial charge is 0.342 e. The fourth-order valence-corrected chi connectivity index (χ4v) is 4.30. The lowest BCUT2D eigenvalue weighted by molar-refractivity contribution is -0.131.